The van der Waals surface area contributed by atoms with Gasteiger partial charge in [0.1, 0.15) is 11.6 Å². The molecule has 0 spiro atoms. The molecule has 9 aromatic rings. The van der Waals surface area contributed by atoms with E-state index in [0.29, 0.717) is 0 Å². The van der Waals surface area contributed by atoms with Crippen molar-refractivity contribution in [3.63, 3.8) is 0 Å². The van der Waals surface area contributed by atoms with E-state index in [1.54, 1.807) is 0 Å². The van der Waals surface area contributed by atoms with Crippen LogP contribution in [0.4, 0.5) is 0 Å². The first-order valence-electron chi connectivity index (χ1n) is 17.7. The summed E-state index contributed by atoms with van der Waals surface area (Å²) in [6.45, 7) is 4.32. The summed E-state index contributed by atoms with van der Waals surface area (Å²) in [7, 11) is 0. The summed E-state index contributed by atoms with van der Waals surface area (Å²) in [5.74, 6) is 2.00. The van der Waals surface area contributed by atoms with Gasteiger partial charge >= 0.3 is 0 Å². The van der Waals surface area contributed by atoms with Gasteiger partial charge in [-0.15, -0.1) is 0 Å². The molecular weight excluding hydrogens is 619 g/mol. The maximum Gasteiger partial charge on any atom is 0.253 e. The molecule has 0 fully saturated rings. The van der Waals surface area contributed by atoms with Crippen LogP contribution in [0.3, 0.4) is 0 Å². The molecule has 0 atom stereocenters. The van der Waals surface area contributed by atoms with E-state index in [1.165, 1.54) is 94.4 Å². The van der Waals surface area contributed by atoms with Gasteiger partial charge in [-0.3, -0.25) is 9.13 Å². The maximum absolute atomic E-state index is 5.25. The minimum absolute atomic E-state index is 0.00377. The smallest absolute Gasteiger partial charge is 0.253 e. The number of hydrogen-bond donors (Lipinski definition) is 0. The molecule has 5 heteroatoms. The normalized spacial score (nSPS) is 12.9. The lowest BCUT2D eigenvalue weighted by Gasteiger charge is -2.34. The van der Waals surface area contributed by atoms with Crippen molar-refractivity contribution < 1.29 is 0 Å². The number of aromatic nitrogens is 4. The van der Waals surface area contributed by atoms with E-state index >= 15 is 0 Å². The second-order valence-corrected chi connectivity index (χ2v) is 14.1. The minimum atomic E-state index is 0.00377. The van der Waals surface area contributed by atoms with Crippen molar-refractivity contribution >= 4 is 45.2 Å². The molecule has 0 unspecified atom stereocenters. The van der Waals surface area contributed by atoms with E-state index < -0.39 is 0 Å². The second kappa shape index (κ2) is 9.61. The largest absolute Gasteiger partial charge is 0.297 e. The van der Waals surface area contributed by atoms with Crippen LogP contribution in [0.5, 0.6) is 0 Å². The third-order valence-corrected chi connectivity index (χ3v) is 11.6. The highest BCUT2D eigenvalue weighted by atomic mass is 15.1. The molecule has 7 aromatic carbocycles. The van der Waals surface area contributed by atoms with Crippen LogP contribution in [-0.4, -0.2) is 25.8 Å². The van der Waals surface area contributed by atoms with Crippen LogP contribution >= 0.6 is 0 Å². The van der Waals surface area contributed by atoms with E-state index in [9.17, 15) is 0 Å². The van der Waals surface area contributed by atoms with Gasteiger partial charge in [0.05, 0.1) is 22.1 Å². The topological polar surface area (TPSA) is 35.6 Å². The fourth-order valence-corrected chi connectivity index (χ4v) is 9.62. The Hall–Kier alpha value is -6.46. The number of fused-ring (bicyclic) bond motifs is 5. The quantitative estimate of drug-likeness (QED) is 0.180. The highest BCUT2D eigenvalue weighted by Gasteiger charge is 2.46. The van der Waals surface area contributed by atoms with Gasteiger partial charge in [-0.25, -0.2) is 9.97 Å². The number of aryl methyl sites for hydroxylation is 2. The van der Waals surface area contributed by atoms with Crippen molar-refractivity contribution in [1.29, 1.82) is 0 Å². The first-order chi connectivity index (χ1) is 25.2. The van der Waals surface area contributed by atoms with E-state index in [4.69, 9.17) is 9.97 Å². The second-order valence-electron chi connectivity index (χ2n) is 14.1. The Labute approximate surface area is 295 Å². The molecule has 0 radical (unpaired) electrons. The fourth-order valence-electron chi connectivity index (χ4n) is 9.62. The van der Waals surface area contributed by atoms with Crippen molar-refractivity contribution in [3.8, 4) is 67.0 Å². The summed E-state index contributed by atoms with van der Waals surface area (Å²) in [4.78, 5) is 10.5. The Morgan fingerprint density at radius 3 is 1.27 bits per heavy atom. The molecule has 4 nitrogen and oxygen atoms in total. The highest BCUT2D eigenvalue weighted by Crippen LogP contribution is 2.49. The number of imidazole rings is 2. The van der Waals surface area contributed by atoms with Crippen molar-refractivity contribution in [2.45, 2.75) is 13.8 Å². The zero-order valence-electron chi connectivity index (χ0n) is 28.1. The molecule has 12 rings (SSSR count). The molecule has 3 aliphatic rings. The summed E-state index contributed by atoms with van der Waals surface area (Å²) in [6.07, 6.45) is 0. The van der Waals surface area contributed by atoms with Crippen LogP contribution in [0.15, 0.2) is 140 Å². The first kappa shape index (κ1) is 27.4. The van der Waals surface area contributed by atoms with Gasteiger partial charge in [0, 0.05) is 11.4 Å². The SMILES string of the molecule is Cc1nc2ccc3c4c2n1-c1cc(-c2ccccc2)cc2c1B4c1c(ccc4nc(C)n-2c14)-c1c(-c2ccccc2)ccc(-c2ccccc2)c1-3. The molecule has 0 saturated heterocycles. The number of nitrogens with zero attached hydrogens (tertiary/aromatic N) is 4. The molecule has 0 amide bonds. The Kier molecular flexibility index (Phi) is 5.16. The van der Waals surface area contributed by atoms with E-state index in [1.807, 2.05) is 0 Å². The predicted molar refractivity (Wildman–Crippen MR) is 211 cm³/mol. The van der Waals surface area contributed by atoms with Crippen LogP contribution in [0.2, 0.25) is 0 Å². The van der Waals surface area contributed by atoms with Crippen LogP contribution in [0.25, 0.3) is 89.1 Å². The van der Waals surface area contributed by atoms with Crippen molar-refractivity contribution in [2.24, 2.45) is 0 Å². The molecular formula is C46H29BN4. The van der Waals surface area contributed by atoms with Crippen LogP contribution in [0, 0.1) is 13.8 Å². The zero-order valence-corrected chi connectivity index (χ0v) is 28.1. The molecule has 0 aliphatic carbocycles. The van der Waals surface area contributed by atoms with Gasteiger partial charge in [-0.2, -0.15) is 0 Å². The van der Waals surface area contributed by atoms with Gasteiger partial charge in [-0.1, -0.05) is 115 Å². The summed E-state index contributed by atoms with van der Waals surface area (Å²) in [5, 5.41) is 0. The van der Waals surface area contributed by atoms with Crippen LogP contribution in [0.1, 0.15) is 11.6 Å². The van der Waals surface area contributed by atoms with Crippen molar-refractivity contribution in [2.75, 3.05) is 0 Å². The zero-order chi connectivity index (χ0) is 33.5. The Balaban J connectivity index is 1.35. The molecule has 3 aliphatic heterocycles. The molecule has 51 heavy (non-hydrogen) atoms. The Bertz CT molecular complexity index is 2790. The van der Waals surface area contributed by atoms with Gasteiger partial charge in [-0.05, 0) is 110 Å². The van der Waals surface area contributed by atoms with Gasteiger partial charge in [0.15, 0.2) is 0 Å². The maximum atomic E-state index is 5.25. The Morgan fingerprint density at radius 2 is 0.824 bits per heavy atom. The lowest BCUT2D eigenvalue weighted by atomic mass is 9.33. The molecule has 2 aromatic heterocycles. The number of benzene rings is 7. The summed E-state index contributed by atoms with van der Waals surface area (Å²) in [5.41, 5.74) is 23.3. The molecule has 5 heterocycles. The number of hydrogen-bond acceptors (Lipinski definition) is 2. The third kappa shape index (κ3) is 3.41. The lowest BCUT2D eigenvalue weighted by Crippen LogP contribution is -2.60. The standard InChI is InChI=1S/C46H29BN4/c1-26-48-36-22-20-34-40-32(29-14-8-4-9-15-29)18-19-33(30-16-10-5-11-17-30)41(40)35-21-23-37-46-43(35)47-42(34)45(36)50(26)38-24-31(28-12-6-3-7-13-28)25-39(44(38)47)51(46)27(2)49-37/h3-25H,1-2H3. The van der Waals surface area contributed by atoms with E-state index in [0.717, 1.165) is 22.7 Å². The van der Waals surface area contributed by atoms with Crippen LogP contribution < -0.4 is 16.4 Å². The molecule has 0 saturated carbocycles. The van der Waals surface area contributed by atoms with E-state index in [2.05, 4.69) is 163 Å². The average Bonchev–Trinajstić information content (AvgIpc) is 3.67. The average molecular weight is 649 g/mol. The van der Waals surface area contributed by atoms with Crippen molar-refractivity contribution in [3.05, 3.63) is 151 Å². The monoisotopic (exact) mass is 648 g/mol. The van der Waals surface area contributed by atoms with E-state index in [-0.39, 0.29) is 6.71 Å². The molecule has 0 bridgehead atoms. The van der Waals surface area contributed by atoms with Gasteiger partial charge in [0.2, 0.25) is 0 Å². The summed E-state index contributed by atoms with van der Waals surface area (Å²) < 4.78 is 4.89. The molecule has 236 valence electrons. The Morgan fingerprint density at radius 1 is 0.412 bits per heavy atom. The number of rotatable bonds is 3. The van der Waals surface area contributed by atoms with Gasteiger partial charge < -0.3 is 0 Å². The van der Waals surface area contributed by atoms with Crippen molar-refractivity contribution in [1.82, 2.24) is 19.1 Å². The summed E-state index contributed by atoms with van der Waals surface area (Å²) >= 11 is 0. The van der Waals surface area contributed by atoms with Gasteiger partial charge in [0.25, 0.3) is 6.71 Å². The third-order valence-electron chi connectivity index (χ3n) is 11.6. The first-order valence-corrected chi connectivity index (χ1v) is 17.7. The fraction of sp³-hybridized carbons (Fsp3) is 0.0435. The minimum Gasteiger partial charge on any atom is -0.297 e. The van der Waals surface area contributed by atoms with Crippen LogP contribution in [-0.2, 0) is 0 Å². The predicted octanol–water partition coefficient (Wildman–Crippen LogP) is 8.77. The molecule has 0 N–H and O–H groups in total. The summed E-state index contributed by atoms with van der Waals surface area (Å²) in [6, 6.07) is 51.3. The lowest BCUT2D eigenvalue weighted by molar-refractivity contribution is 0.982. The highest BCUT2D eigenvalue weighted by molar-refractivity contribution is 7.02.